The summed E-state index contributed by atoms with van der Waals surface area (Å²) in [6.45, 7) is 12.8. The Morgan fingerprint density at radius 1 is 1.06 bits per heavy atom. The summed E-state index contributed by atoms with van der Waals surface area (Å²) < 4.78 is 0. The number of aliphatic hydroxyl groups is 2. The van der Waals surface area contributed by atoms with Crippen molar-refractivity contribution in [1.82, 2.24) is 0 Å². The molecular weight excluding hydrogens is 386 g/mol. The topological polar surface area (TPSA) is 69.9 Å². The van der Waals surface area contributed by atoms with Gasteiger partial charge < -0.3 is 10.2 Å². The van der Waals surface area contributed by atoms with E-state index >= 15 is 0 Å². The fraction of sp³-hybridized carbons (Fsp3) is 0.926. The molecule has 0 heterocycles. The fourth-order valence-corrected chi connectivity index (χ4v) is 4.94. The van der Waals surface area contributed by atoms with E-state index in [1.54, 1.807) is 0 Å². The molecule has 1 rings (SSSR count). The first-order chi connectivity index (χ1) is 14.5. The van der Waals surface area contributed by atoms with Crippen LogP contribution in [0.1, 0.15) is 125 Å². The van der Waals surface area contributed by atoms with Crippen LogP contribution in [0.15, 0.2) is 16.8 Å². The average molecular weight is 438 g/mol. The Kier molecular flexibility index (Phi) is 12.5. The molecule has 1 aliphatic carbocycles. The van der Waals surface area contributed by atoms with Crippen LogP contribution in [0.3, 0.4) is 0 Å². The van der Waals surface area contributed by atoms with Crippen LogP contribution >= 0.6 is 0 Å². The molecule has 4 nitrogen and oxygen atoms in total. The van der Waals surface area contributed by atoms with E-state index in [9.17, 15) is 15.1 Å². The molecule has 1 aliphatic rings. The van der Waals surface area contributed by atoms with Gasteiger partial charge in [-0.25, -0.2) is 0 Å². The molecule has 31 heavy (non-hydrogen) atoms. The van der Waals surface area contributed by atoms with Crippen molar-refractivity contribution in [3.8, 4) is 0 Å². The summed E-state index contributed by atoms with van der Waals surface area (Å²) in [7, 11) is 0. The second kappa shape index (κ2) is 13.7. The molecule has 0 spiro atoms. The highest BCUT2D eigenvalue weighted by Gasteiger charge is 2.28. The molecule has 0 saturated carbocycles. The van der Waals surface area contributed by atoms with Gasteiger partial charge in [0.15, 0.2) is 0 Å². The lowest BCUT2D eigenvalue weighted by Gasteiger charge is -2.30. The molecule has 0 bridgehead atoms. The number of hydrogen-bond donors (Lipinski definition) is 2. The van der Waals surface area contributed by atoms with Crippen molar-refractivity contribution in [1.29, 1.82) is 0 Å². The van der Waals surface area contributed by atoms with Gasteiger partial charge in [0.2, 0.25) is 0 Å². The van der Waals surface area contributed by atoms with Gasteiger partial charge in [-0.15, -0.1) is 0 Å². The third kappa shape index (κ3) is 11.1. The van der Waals surface area contributed by atoms with Crippen molar-refractivity contribution < 1.29 is 10.2 Å². The van der Waals surface area contributed by atoms with Crippen LogP contribution in [0.4, 0.5) is 0 Å². The van der Waals surface area contributed by atoms with Gasteiger partial charge in [0, 0.05) is 0 Å². The van der Waals surface area contributed by atoms with Crippen LogP contribution in [-0.2, 0) is 0 Å². The number of allylic oxidation sites excluding steroid dienone is 1. The van der Waals surface area contributed by atoms with E-state index in [-0.39, 0.29) is 6.10 Å². The number of aliphatic hydroxyl groups excluding tert-OH is 1. The number of hydrogen-bond acceptors (Lipinski definition) is 4. The predicted molar refractivity (Wildman–Crippen MR) is 132 cm³/mol. The highest BCUT2D eigenvalue weighted by molar-refractivity contribution is 5.11. The molecule has 0 aromatic rings. The summed E-state index contributed by atoms with van der Waals surface area (Å²) in [4.78, 5) is 11.3. The van der Waals surface area contributed by atoms with Crippen molar-refractivity contribution in [2.75, 3.05) is 0 Å². The lowest BCUT2D eigenvalue weighted by Crippen LogP contribution is -2.27. The monoisotopic (exact) mass is 437 g/mol. The molecule has 4 heteroatoms. The smallest absolute Gasteiger partial charge is 0.0998 e. The van der Waals surface area contributed by atoms with Crippen LogP contribution in [0.2, 0.25) is 0 Å². The Hall–Kier alpha value is -0.740. The summed E-state index contributed by atoms with van der Waals surface area (Å²) in [6, 6.07) is 0. The zero-order valence-corrected chi connectivity index (χ0v) is 21.3. The van der Waals surface area contributed by atoms with Crippen LogP contribution in [0.25, 0.3) is 0 Å². The predicted octanol–water partition coefficient (Wildman–Crippen LogP) is 7.56. The Bertz CT molecular complexity index is 545. The van der Waals surface area contributed by atoms with Crippen LogP contribution in [0.5, 0.6) is 0 Å². The minimum atomic E-state index is -0.658. The Labute approximate surface area is 192 Å². The molecule has 0 aromatic carbocycles. The standard InChI is InChI=1S/C27H51NO3/c1-7-8-9-15-26(5,28-31)16-11-18-27(6,30)17-10-12-21(2)13-14-24-19-22(3)23(4)25(29)20-24/h20-23,25,29-30H,7-19H2,1-6H3. The van der Waals surface area contributed by atoms with Crippen LogP contribution in [0, 0.1) is 22.7 Å². The summed E-state index contributed by atoms with van der Waals surface area (Å²) >= 11 is 0. The highest BCUT2D eigenvalue weighted by Crippen LogP contribution is 2.33. The third-order valence-corrected chi connectivity index (χ3v) is 7.77. The maximum atomic E-state index is 11.3. The summed E-state index contributed by atoms with van der Waals surface area (Å²) in [6.07, 6.45) is 14.7. The first-order valence-electron chi connectivity index (χ1n) is 13.0. The minimum absolute atomic E-state index is 0.285. The van der Waals surface area contributed by atoms with Crippen LogP contribution < -0.4 is 0 Å². The zero-order chi connectivity index (χ0) is 23.5. The van der Waals surface area contributed by atoms with Gasteiger partial charge in [0.1, 0.15) is 0 Å². The van der Waals surface area contributed by atoms with E-state index in [4.69, 9.17) is 0 Å². The van der Waals surface area contributed by atoms with E-state index in [2.05, 4.69) is 38.9 Å². The fourth-order valence-electron chi connectivity index (χ4n) is 4.94. The van der Waals surface area contributed by atoms with E-state index in [0.717, 1.165) is 83.5 Å². The van der Waals surface area contributed by atoms with E-state index in [1.807, 2.05) is 13.8 Å². The van der Waals surface area contributed by atoms with Gasteiger partial charge in [-0.05, 0) is 83.0 Å². The largest absolute Gasteiger partial charge is 0.390 e. The molecule has 182 valence electrons. The Morgan fingerprint density at radius 2 is 1.71 bits per heavy atom. The van der Waals surface area contributed by atoms with Crippen molar-refractivity contribution in [2.45, 2.75) is 142 Å². The maximum absolute atomic E-state index is 11.3. The van der Waals surface area contributed by atoms with Crippen LogP contribution in [-0.4, -0.2) is 27.5 Å². The summed E-state index contributed by atoms with van der Waals surface area (Å²) in [5, 5.41) is 24.4. The first-order valence-corrected chi connectivity index (χ1v) is 13.0. The quantitative estimate of drug-likeness (QED) is 0.149. The van der Waals surface area contributed by atoms with Gasteiger partial charge in [0.05, 0.1) is 17.2 Å². The second-order valence-corrected chi connectivity index (χ2v) is 11.3. The lowest BCUT2D eigenvalue weighted by atomic mass is 9.78. The third-order valence-electron chi connectivity index (χ3n) is 7.77. The molecule has 0 amide bonds. The van der Waals surface area contributed by atoms with E-state index < -0.39 is 11.1 Å². The summed E-state index contributed by atoms with van der Waals surface area (Å²) in [5.41, 5.74) is 0.285. The van der Waals surface area contributed by atoms with E-state index in [0.29, 0.717) is 17.8 Å². The second-order valence-electron chi connectivity index (χ2n) is 11.3. The lowest BCUT2D eigenvalue weighted by molar-refractivity contribution is 0.0343. The van der Waals surface area contributed by atoms with Gasteiger partial charge in [-0.3, -0.25) is 0 Å². The number of nitrogens with zero attached hydrogens (tertiary/aromatic N) is 1. The van der Waals surface area contributed by atoms with Crippen molar-refractivity contribution in [3.63, 3.8) is 0 Å². The van der Waals surface area contributed by atoms with Crippen molar-refractivity contribution in [3.05, 3.63) is 16.6 Å². The normalized spacial score (nSPS) is 26.6. The number of rotatable bonds is 16. The maximum Gasteiger partial charge on any atom is 0.0998 e. The Morgan fingerprint density at radius 3 is 2.32 bits per heavy atom. The van der Waals surface area contributed by atoms with Gasteiger partial charge in [-0.1, -0.05) is 76.6 Å². The molecule has 6 atom stereocenters. The molecule has 0 radical (unpaired) electrons. The highest BCUT2D eigenvalue weighted by atomic mass is 16.3. The zero-order valence-electron chi connectivity index (χ0n) is 21.3. The number of unbranched alkanes of at least 4 members (excludes halogenated alkanes) is 2. The molecule has 2 N–H and O–H groups in total. The van der Waals surface area contributed by atoms with Crippen molar-refractivity contribution >= 4 is 0 Å². The average Bonchev–Trinajstić information content (AvgIpc) is 2.70. The minimum Gasteiger partial charge on any atom is -0.390 e. The van der Waals surface area contributed by atoms with Crippen molar-refractivity contribution in [2.24, 2.45) is 22.9 Å². The SMILES string of the molecule is CCCCCC(C)(CCCC(C)(O)CCCC(C)CCC1=CC(O)C(C)C(C)C1)N=O. The first kappa shape index (κ1) is 28.3. The van der Waals surface area contributed by atoms with E-state index in [1.165, 1.54) is 5.57 Å². The molecule has 0 fully saturated rings. The van der Waals surface area contributed by atoms with Gasteiger partial charge >= 0.3 is 0 Å². The molecule has 0 aliphatic heterocycles. The molecule has 0 saturated heterocycles. The molecule has 0 aromatic heterocycles. The van der Waals surface area contributed by atoms with Gasteiger partial charge in [0.25, 0.3) is 0 Å². The number of nitroso groups, excluding NO2 is 1. The van der Waals surface area contributed by atoms with Gasteiger partial charge in [-0.2, -0.15) is 4.91 Å². The Balaban J connectivity index is 2.27. The molecular formula is C27H51NO3. The molecule has 6 unspecified atom stereocenters. The summed E-state index contributed by atoms with van der Waals surface area (Å²) in [5.74, 6) is 1.55.